The van der Waals surface area contributed by atoms with E-state index in [4.69, 9.17) is 23.1 Å². The molecule has 2 aromatic carbocycles. The molecule has 7 heteroatoms. The van der Waals surface area contributed by atoms with Crippen molar-refractivity contribution in [3.63, 3.8) is 0 Å². The number of halogens is 4. The van der Waals surface area contributed by atoms with Crippen LogP contribution in [0.3, 0.4) is 0 Å². The van der Waals surface area contributed by atoms with Gasteiger partial charge in [-0.3, -0.25) is 0 Å². The second-order valence-corrected chi connectivity index (χ2v) is 7.95. The van der Waals surface area contributed by atoms with E-state index in [-0.39, 0.29) is 12.4 Å². The molecule has 28 heavy (non-hydrogen) atoms. The second-order valence-electron chi connectivity index (χ2n) is 5.87. The van der Waals surface area contributed by atoms with Crippen LogP contribution in [-0.4, -0.2) is 23.5 Å². The largest absolute Gasteiger partial charge is 0.346 e. The van der Waals surface area contributed by atoms with Crippen molar-refractivity contribution in [1.82, 2.24) is 4.57 Å². The number of fused-ring (bicyclic) bond motifs is 2. The average molecular weight is 550 g/mol. The van der Waals surface area contributed by atoms with Gasteiger partial charge in [-0.25, -0.2) is 0 Å². The lowest BCUT2D eigenvalue weighted by Gasteiger charge is -2.02. The van der Waals surface area contributed by atoms with Crippen molar-refractivity contribution in [3.8, 4) is 0 Å². The molecule has 152 valence electrons. The first kappa shape index (κ1) is 25.2. The van der Waals surface area contributed by atoms with E-state index < -0.39 is 0 Å². The van der Waals surface area contributed by atoms with Crippen LogP contribution in [0.5, 0.6) is 0 Å². The van der Waals surface area contributed by atoms with Gasteiger partial charge < -0.3 is 16.0 Å². The molecule has 1 aliphatic rings. The van der Waals surface area contributed by atoms with Gasteiger partial charge in [0.2, 0.25) is 0 Å². The predicted octanol–water partition coefficient (Wildman–Crippen LogP) is 5.99. The Hall–Kier alpha value is -0.820. The highest BCUT2D eigenvalue weighted by molar-refractivity contribution is 9.11. The van der Waals surface area contributed by atoms with E-state index in [2.05, 4.69) is 91.2 Å². The van der Waals surface area contributed by atoms with Crippen LogP contribution in [0.4, 0.5) is 0 Å². The minimum atomic E-state index is 0. The molecule has 3 nitrogen and oxygen atoms in total. The van der Waals surface area contributed by atoms with Crippen molar-refractivity contribution in [1.29, 1.82) is 0 Å². The Morgan fingerprint density at radius 1 is 0.964 bits per heavy atom. The second kappa shape index (κ2) is 13.4. The number of allylic oxidation sites excluding steroid dienone is 1. The number of nitrogens with zero attached hydrogens (tertiary/aromatic N) is 1. The minimum Gasteiger partial charge on any atom is -0.346 e. The molecule has 0 radical (unpaired) electrons. The van der Waals surface area contributed by atoms with Crippen LogP contribution < -0.4 is 11.5 Å². The molecule has 0 unspecified atom stereocenters. The summed E-state index contributed by atoms with van der Waals surface area (Å²) in [5.74, 6) is 0.569. The summed E-state index contributed by atoms with van der Waals surface area (Å²) in [4.78, 5) is 0. The van der Waals surface area contributed by atoms with Crippen molar-refractivity contribution >= 4 is 72.8 Å². The van der Waals surface area contributed by atoms with Gasteiger partial charge in [0.1, 0.15) is 0 Å². The van der Waals surface area contributed by atoms with Gasteiger partial charge >= 0.3 is 0 Å². The van der Waals surface area contributed by atoms with E-state index in [1.54, 1.807) is 0 Å². The highest BCUT2D eigenvalue weighted by Crippen LogP contribution is 2.26. The Balaban J connectivity index is 0.000000234. The van der Waals surface area contributed by atoms with E-state index in [0.29, 0.717) is 19.0 Å². The summed E-state index contributed by atoms with van der Waals surface area (Å²) in [6, 6.07) is 14.6. The summed E-state index contributed by atoms with van der Waals surface area (Å²) in [7, 11) is 0. The molecule has 0 spiro atoms. The zero-order chi connectivity index (χ0) is 19.6. The van der Waals surface area contributed by atoms with Gasteiger partial charge in [0.25, 0.3) is 0 Å². The molecular weight excluding hydrogens is 525 g/mol. The van der Waals surface area contributed by atoms with Crippen LogP contribution in [0.2, 0.25) is 0 Å². The molecule has 4 rings (SSSR count). The predicted molar refractivity (Wildman–Crippen MR) is 133 cm³/mol. The van der Waals surface area contributed by atoms with Gasteiger partial charge in [-0.2, -0.15) is 0 Å². The fourth-order valence-electron chi connectivity index (χ4n) is 2.77. The molecule has 0 saturated carbocycles. The number of hydrogen-bond donors (Lipinski definition) is 2. The van der Waals surface area contributed by atoms with Crippen LogP contribution >= 0.6 is 55.9 Å². The monoisotopic (exact) mass is 547 g/mol. The van der Waals surface area contributed by atoms with Gasteiger partial charge in [-0.05, 0) is 41.8 Å². The third kappa shape index (κ3) is 6.90. The van der Waals surface area contributed by atoms with Gasteiger partial charge in [0.05, 0.1) is 0 Å². The molecule has 1 heterocycles. The zero-order valence-electron chi connectivity index (χ0n) is 15.5. The number of nitrogens with two attached hydrogens (primary N) is 2. The van der Waals surface area contributed by atoms with Crippen LogP contribution in [0.25, 0.3) is 17.0 Å². The Morgan fingerprint density at radius 2 is 1.64 bits per heavy atom. The summed E-state index contributed by atoms with van der Waals surface area (Å²) in [5, 5.41) is 1.25. The Kier molecular flexibility index (Phi) is 12.1. The molecule has 0 saturated heterocycles. The Labute approximate surface area is 194 Å². The number of aromatic nitrogens is 1. The van der Waals surface area contributed by atoms with Crippen molar-refractivity contribution in [2.24, 2.45) is 11.5 Å². The van der Waals surface area contributed by atoms with Gasteiger partial charge in [0, 0.05) is 51.6 Å². The third-order valence-corrected chi connectivity index (χ3v) is 5.61. The van der Waals surface area contributed by atoms with E-state index in [1.807, 2.05) is 6.07 Å². The zero-order valence-corrected chi connectivity index (χ0v) is 20.2. The summed E-state index contributed by atoms with van der Waals surface area (Å²) in [6.07, 6.45) is 7.52. The number of benzene rings is 2. The van der Waals surface area contributed by atoms with Crippen molar-refractivity contribution in [2.75, 3.05) is 19.0 Å². The van der Waals surface area contributed by atoms with Gasteiger partial charge in [-0.15, -0.1) is 24.0 Å². The van der Waals surface area contributed by atoms with E-state index in [1.165, 1.54) is 26.5 Å². The average Bonchev–Trinajstić information content (AvgIpc) is 3.32. The maximum Gasteiger partial charge on any atom is 0.0492 e. The number of hydrogen-bond acceptors (Lipinski definition) is 2. The van der Waals surface area contributed by atoms with Gasteiger partial charge in [-0.1, -0.05) is 62.2 Å². The molecule has 0 amide bonds. The highest BCUT2D eigenvalue weighted by atomic mass is 79.9. The Morgan fingerprint density at radius 3 is 2.29 bits per heavy atom. The topological polar surface area (TPSA) is 57.0 Å². The molecule has 0 aliphatic heterocycles. The first-order valence-corrected chi connectivity index (χ1v) is 10.9. The lowest BCUT2D eigenvalue weighted by atomic mass is 10.1. The Bertz CT molecular complexity index is 892. The summed E-state index contributed by atoms with van der Waals surface area (Å²) < 4.78 is 4.51. The molecule has 1 aliphatic carbocycles. The number of alkyl halides is 1. The van der Waals surface area contributed by atoms with Crippen LogP contribution in [-0.2, 0) is 13.0 Å². The first-order chi connectivity index (χ1) is 13.1. The summed E-state index contributed by atoms with van der Waals surface area (Å²) >= 11 is 12.1. The maximum atomic E-state index is 5.52. The van der Waals surface area contributed by atoms with E-state index in [9.17, 15) is 0 Å². The van der Waals surface area contributed by atoms with Gasteiger partial charge in [0.15, 0.2) is 0 Å². The summed E-state index contributed by atoms with van der Waals surface area (Å²) in [5.41, 5.74) is 14.4. The normalized spacial score (nSPS) is 11.0. The molecule has 4 N–H and O–H groups in total. The van der Waals surface area contributed by atoms with Crippen molar-refractivity contribution in [2.45, 2.75) is 13.0 Å². The standard InChI is InChI=1S/C10H11BrN2.C9H7Br.C2H6ClN.ClH/c11-9-2-1-3-10-8(9)4-6-13(10)7-5-12;10-9-6-2-4-7-3-1-5-8(7)9;3-1-2-4;/h1-4,6H,5,7,12H2;1-2,4-6H,3H2;1-2,4H2;1H. The molecule has 0 fully saturated rings. The minimum absolute atomic E-state index is 0. The SMILES string of the molecule is Brc1cccc2c1C=CC2.Cl.NCCCl.NCCn1ccc2c(Br)cccc21. The molecule has 3 aromatic rings. The van der Waals surface area contributed by atoms with Crippen LogP contribution in [0, 0.1) is 0 Å². The van der Waals surface area contributed by atoms with Crippen molar-refractivity contribution in [3.05, 3.63) is 74.8 Å². The maximum absolute atomic E-state index is 5.52. The van der Waals surface area contributed by atoms with E-state index >= 15 is 0 Å². The molecular formula is C21H25Br2Cl2N3. The lowest BCUT2D eigenvalue weighted by molar-refractivity contribution is 0.735. The highest BCUT2D eigenvalue weighted by Gasteiger charge is 2.06. The molecule has 0 bridgehead atoms. The van der Waals surface area contributed by atoms with E-state index in [0.717, 1.165) is 17.4 Å². The number of rotatable bonds is 3. The third-order valence-electron chi connectivity index (χ3n) is 4.01. The fourth-order valence-corrected chi connectivity index (χ4v) is 3.80. The summed E-state index contributed by atoms with van der Waals surface area (Å²) in [6.45, 7) is 2.14. The van der Waals surface area contributed by atoms with Crippen LogP contribution in [0.15, 0.2) is 63.7 Å². The molecule has 1 aromatic heterocycles. The quantitative estimate of drug-likeness (QED) is 0.394. The molecule has 0 atom stereocenters. The first-order valence-electron chi connectivity index (χ1n) is 8.75. The lowest BCUT2D eigenvalue weighted by Crippen LogP contribution is -2.08. The van der Waals surface area contributed by atoms with Crippen LogP contribution in [0.1, 0.15) is 11.1 Å². The fraction of sp³-hybridized carbons (Fsp3) is 0.238. The van der Waals surface area contributed by atoms with Crippen molar-refractivity contribution < 1.29 is 0 Å². The smallest absolute Gasteiger partial charge is 0.0492 e.